The highest BCUT2D eigenvalue weighted by Gasteiger charge is 1.98. The minimum Gasteiger partial charge on any atom is -0.497 e. The van der Waals surface area contributed by atoms with E-state index in [9.17, 15) is 0 Å². The van der Waals surface area contributed by atoms with Gasteiger partial charge in [-0.3, -0.25) is 0 Å². The molecule has 5 heteroatoms. The molecule has 0 spiro atoms. The number of aromatic nitrogens is 2. The van der Waals surface area contributed by atoms with Crippen LogP contribution in [0.3, 0.4) is 0 Å². The van der Waals surface area contributed by atoms with Gasteiger partial charge in [0.25, 0.3) is 0 Å². The molecule has 0 bridgehead atoms. The predicted octanol–water partition coefficient (Wildman–Crippen LogP) is 2.86. The van der Waals surface area contributed by atoms with Crippen molar-refractivity contribution in [1.29, 1.82) is 0 Å². The predicted molar refractivity (Wildman–Crippen MR) is 70.1 cm³/mol. The lowest BCUT2D eigenvalue weighted by Gasteiger charge is -2.05. The number of rotatable bonds is 4. The zero-order valence-electron chi connectivity index (χ0n) is 9.35. The monoisotopic (exact) mass is 293 g/mol. The van der Waals surface area contributed by atoms with Gasteiger partial charge in [0.05, 0.1) is 7.11 Å². The van der Waals surface area contributed by atoms with Gasteiger partial charge in [-0.1, -0.05) is 12.1 Å². The molecule has 2 aromatic rings. The van der Waals surface area contributed by atoms with Crippen molar-refractivity contribution in [2.24, 2.45) is 0 Å². The summed E-state index contributed by atoms with van der Waals surface area (Å²) in [4.78, 5) is 8.30. The Bertz CT molecular complexity index is 487. The molecule has 0 saturated carbocycles. The molecule has 17 heavy (non-hydrogen) atoms. The SMILES string of the molecule is COc1ccc(CNc2nccc(Br)n2)cc1. The average Bonchev–Trinajstić information content (AvgIpc) is 2.37. The second-order valence-corrected chi connectivity index (χ2v) is 4.22. The third-order valence-corrected chi connectivity index (χ3v) is 2.67. The van der Waals surface area contributed by atoms with Gasteiger partial charge in [0.1, 0.15) is 10.4 Å². The smallest absolute Gasteiger partial charge is 0.223 e. The van der Waals surface area contributed by atoms with Crippen LogP contribution in [0.5, 0.6) is 5.75 Å². The number of methoxy groups -OCH3 is 1. The third-order valence-electron chi connectivity index (χ3n) is 2.23. The molecule has 0 aliphatic rings. The van der Waals surface area contributed by atoms with Crippen LogP contribution < -0.4 is 10.1 Å². The number of nitrogens with one attached hydrogen (secondary N) is 1. The molecule has 0 radical (unpaired) electrons. The van der Waals surface area contributed by atoms with Crippen LogP contribution in [0.4, 0.5) is 5.95 Å². The zero-order valence-corrected chi connectivity index (χ0v) is 10.9. The molecule has 1 heterocycles. The van der Waals surface area contributed by atoms with Crippen LogP contribution in [-0.4, -0.2) is 17.1 Å². The number of benzene rings is 1. The summed E-state index contributed by atoms with van der Waals surface area (Å²) < 4.78 is 5.86. The average molecular weight is 294 g/mol. The van der Waals surface area contributed by atoms with Crippen LogP contribution in [0, 0.1) is 0 Å². The summed E-state index contributed by atoms with van der Waals surface area (Å²) in [5, 5.41) is 3.15. The molecule has 0 atom stereocenters. The van der Waals surface area contributed by atoms with Crippen molar-refractivity contribution in [2.45, 2.75) is 6.54 Å². The molecule has 0 unspecified atom stereocenters. The lowest BCUT2D eigenvalue weighted by Crippen LogP contribution is -2.03. The summed E-state index contributed by atoms with van der Waals surface area (Å²) in [5.74, 6) is 1.46. The van der Waals surface area contributed by atoms with Crippen molar-refractivity contribution >= 4 is 21.9 Å². The number of halogens is 1. The van der Waals surface area contributed by atoms with Crippen molar-refractivity contribution < 1.29 is 4.74 Å². The van der Waals surface area contributed by atoms with E-state index in [0.29, 0.717) is 12.5 Å². The van der Waals surface area contributed by atoms with Crippen LogP contribution in [-0.2, 0) is 6.54 Å². The van der Waals surface area contributed by atoms with E-state index in [-0.39, 0.29) is 0 Å². The number of hydrogen-bond donors (Lipinski definition) is 1. The molecular weight excluding hydrogens is 282 g/mol. The van der Waals surface area contributed by atoms with Crippen molar-refractivity contribution in [3.05, 3.63) is 46.7 Å². The summed E-state index contributed by atoms with van der Waals surface area (Å²) in [5.41, 5.74) is 1.15. The van der Waals surface area contributed by atoms with Crippen LogP contribution >= 0.6 is 15.9 Å². The van der Waals surface area contributed by atoms with Gasteiger partial charge in [0, 0.05) is 12.7 Å². The Morgan fingerprint density at radius 2 is 2.00 bits per heavy atom. The van der Waals surface area contributed by atoms with Gasteiger partial charge in [0.2, 0.25) is 5.95 Å². The van der Waals surface area contributed by atoms with Gasteiger partial charge < -0.3 is 10.1 Å². The first kappa shape index (κ1) is 11.9. The quantitative estimate of drug-likeness (QED) is 0.881. The van der Waals surface area contributed by atoms with E-state index in [1.54, 1.807) is 19.4 Å². The fourth-order valence-electron chi connectivity index (χ4n) is 1.35. The number of anilines is 1. The second-order valence-electron chi connectivity index (χ2n) is 3.40. The molecule has 0 saturated heterocycles. The normalized spacial score (nSPS) is 10.0. The Morgan fingerprint density at radius 1 is 1.24 bits per heavy atom. The fourth-order valence-corrected chi connectivity index (χ4v) is 1.63. The highest BCUT2D eigenvalue weighted by atomic mass is 79.9. The maximum Gasteiger partial charge on any atom is 0.223 e. The summed E-state index contributed by atoms with van der Waals surface area (Å²) in [6.07, 6.45) is 1.70. The molecule has 0 aliphatic heterocycles. The van der Waals surface area contributed by atoms with E-state index < -0.39 is 0 Å². The largest absolute Gasteiger partial charge is 0.497 e. The Hall–Kier alpha value is -1.62. The highest BCUT2D eigenvalue weighted by molar-refractivity contribution is 9.10. The minimum absolute atomic E-state index is 0.607. The number of ether oxygens (including phenoxy) is 1. The number of hydrogen-bond acceptors (Lipinski definition) is 4. The molecule has 1 aromatic heterocycles. The van der Waals surface area contributed by atoms with Gasteiger partial charge in [-0.05, 0) is 39.7 Å². The van der Waals surface area contributed by atoms with E-state index in [1.165, 1.54) is 0 Å². The molecule has 1 aromatic carbocycles. The van der Waals surface area contributed by atoms with Crippen LogP contribution in [0.15, 0.2) is 41.1 Å². The summed E-state index contributed by atoms with van der Waals surface area (Å²) in [6.45, 7) is 0.681. The van der Waals surface area contributed by atoms with Crippen LogP contribution in [0.1, 0.15) is 5.56 Å². The first-order valence-electron chi connectivity index (χ1n) is 5.13. The van der Waals surface area contributed by atoms with E-state index >= 15 is 0 Å². The second kappa shape index (κ2) is 5.63. The van der Waals surface area contributed by atoms with Crippen molar-refractivity contribution in [1.82, 2.24) is 9.97 Å². The van der Waals surface area contributed by atoms with E-state index in [2.05, 4.69) is 31.2 Å². The Morgan fingerprint density at radius 3 is 2.65 bits per heavy atom. The Kier molecular flexibility index (Phi) is 3.93. The number of nitrogens with zero attached hydrogens (tertiary/aromatic N) is 2. The molecular formula is C12H12BrN3O. The van der Waals surface area contributed by atoms with Crippen LogP contribution in [0.2, 0.25) is 0 Å². The van der Waals surface area contributed by atoms with E-state index in [1.807, 2.05) is 24.3 Å². The van der Waals surface area contributed by atoms with Gasteiger partial charge in [-0.25, -0.2) is 9.97 Å². The van der Waals surface area contributed by atoms with Crippen LogP contribution in [0.25, 0.3) is 0 Å². The topological polar surface area (TPSA) is 47.0 Å². The molecule has 0 aliphatic carbocycles. The summed E-state index contributed by atoms with van der Waals surface area (Å²) in [7, 11) is 1.66. The van der Waals surface area contributed by atoms with Gasteiger partial charge in [-0.15, -0.1) is 0 Å². The highest BCUT2D eigenvalue weighted by Crippen LogP contribution is 2.12. The lowest BCUT2D eigenvalue weighted by molar-refractivity contribution is 0.414. The van der Waals surface area contributed by atoms with E-state index in [4.69, 9.17) is 4.74 Å². The van der Waals surface area contributed by atoms with Gasteiger partial charge in [0.15, 0.2) is 0 Å². The maximum atomic E-state index is 5.10. The maximum absolute atomic E-state index is 5.10. The zero-order chi connectivity index (χ0) is 12.1. The Balaban J connectivity index is 1.97. The molecule has 2 rings (SSSR count). The first-order chi connectivity index (χ1) is 8.28. The molecule has 1 N–H and O–H groups in total. The molecule has 0 amide bonds. The van der Waals surface area contributed by atoms with Crippen molar-refractivity contribution in [2.75, 3.05) is 12.4 Å². The van der Waals surface area contributed by atoms with Gasteiger partial charge >= 0.3 is 0 Å². The molecule has 88 valence electrons. The standard InChI is InChI=1S/C12H12BrN3O/c1-17-10-4-2-9(3-5-10)8-15-12-14-7-6-11(13)16-12/h2-7H,8H2,1H3,(H,14,15,16). The van der Waals surface area contributed by atoms with E-state index in [0.717, 1.165) is 15.9 Å². The van der Waals surface area contributed by atoms with Gasteiger partial charge in [-0.2, -0.15) is 0 Å². The fraction of sp³-hybridized carbons (Fsp3) is 0.167. The third kappa shape index (κ3) is 3.42. The summed E-state index contributed by atoms with van der Waals surface area (Å²) in [6, 6.07) is 9.66. The molecule has 0 fully saturated rings. The molecule has 4 nitrogen and oxygen atoms in total. The summed E-state index contributed by atoms with van der Waals surface area (Å²) >= 11 is 3.30. The van der Waals surface area contributed by atoms with Crippen molar-refractivity contribution in [3.8, 4) is 5.75 Å². The minimum atomic E-state index is 0.607. The first-order valence-corrected chi connectivity index (χ1v) is 5.92. The van der Waals surface area contributed by atoms with Crippen molar-refractivity contribution in [3.63, 3.8) is 0 Å². The Labute approximate surface area is 108 Å². The lowest BCUT2D eigenvalue weighted by atomic mass is 10.2.